The lowest BCUT2D eigenvalue weighted by Gasteiger charge is -2.24. The Morgan fingerprint density at radius 1 is 1.15 bits per heavy atom. The van der Waals surface area contributed by atoms with E-state index in [2.05, 4.69) is 15.9 Å². The van der Waals surface area contributed by atoms with E-state index in [1.807, 2.05) is 31.2 Å². The van der Waals surface area contributed by atoms with Gasteiger partial charge in [0.15, 0.2) is 0 Å². The number of aliphatic carboxylic acids is 1. The highest BCUT2D eigenvalue weighted by Gasteiger charge is 2.36. The molecule has 4 rings (SSSR count). The minimum atomic E-state index is -1.08. The van der Waals surface area contributed by atoms with Gasteiger partial charge in [-0.3, -0.25) is 9.59 Å². The van der Waals surface area contributed by atoms with Crippen LogP contribution in [0.4, 0.5) is 4.39 Å². The smallest absolute Gasteiger partial charge is 0.323 e. The number of benzene rings is 3. The predicted octanol–water partition coefficient (Wildman–Crippen LogP) is 5.90. The Morgan fingerprint density at radius 2 is 1.94 bits per heavy atom. The number of carboxylic acids is 1. The molecule has 1 atom stereocenters. The molecule has 0 aliphatic carbocycles. The SMILES string of the molecule is CC1(Cc2ccc(F)c(Cl)c2)Cc2cc(C(=O)N(CC(=O)O)Cc3cccc(Br)c3)ccc2O1. The van der Waals surface area contributed by atoms with Gasteiger partial charge < -0.3 is 14.7 Å². The lowest BCUT2D eigenvalue weighted by atomic mass is 9.91. The van der Waals surface area contributed by atoms with Crippen LogP contribution < -0.4 is 4.74 Å². The Kier molecular flexibility index (Phi) is 6.96. The van der Waals surface area contributed by atoms with Crippen LogP contribution in [0.2, 0.25) is 5.02 Å². The molecule has 1 aliphatic heterocycles. The Balaban J connectivity index is 1.53. The monoisotopic (exact) mass is 545 g/mol. The van der Waals surface area contributed by atoms with Crippen molar-refractivity contribution in [1.82, 2.24) is 4.90 Å². The van der Waals surface area contributed by atoms with E-state index in [9.17, 15) is 19.1 Å². The van der Waals surface area contributed by atoms with Crippen LogP contribution in [0.15, 0.2) is 65.1 Å². The van der Waals surface area contributed by atoms with Crippen LogP contribution in [-0.2, 0) is 24.2 Å². The molecule has 1 unspecified atom stereocenters. The zero-order valence-electron chi connectivity index (χ0n) is 18.4. The van der Waals surface area contributed by atoms with Crippen molar-refractivity contribution in [3.63, 3.8) is 0 Å². The second-order valence-corrected chi connectivity index (χ2v) is 9.98. The van der Waals surface area contributed by atoms with Crippen molar-refractivity contribution >= 4 is 39.4 Å². The number of carbonyl (C=O) groups is 2. The Hall–Kier alpha value is -2.90. The summed E-state index contributed by atoms with van der Waals surface area (Å²) in [5.74, 6) is -1.25. The van der Waals surface area contributed by atoms with Crippen molar-refractivity contribution in [3.8, 4) is 5.75 Å². The maximum atomic E-state index is 13.5. The average molecular weight is 547 g/mol. The Morgan fingerprint density at radius 3 is 2.65 bits per heavy atom. The zero-order chi connectivity index (χ0) is 24.5. The van der Waals surface area contributed by atoms with Crippen molar-refractivity contribution in [1.29, 1.82) is 0 Å². The fourth-order valence-corrected chi connectivity index (χ4v) is 4.89. The number of hydrogen-bond acceptors (Lipinski definition) is 3. The molecule has 1 aliphatic rings. The molecule has 0 bridgehead atoms. The molecule has 0 aromatic heterocycles. The van der Waals surface area contributed by atoms with E-state index in [1.54, 1.807) is 30.3 Å². The van der Waals surface area contributed by atoms with Crippen LogP contribution in [0, 0.1) is 5.82 Å². The topological polar surface area (TPSA) is 66.8 Å². The first kappa shape index (κ1) is 24.2. The van der Waals surface area contributed by atoms with E-state index in [0.29, 0.717) is 24.2 Å². The summed E-state index contributed by atoms with van der Waals surface area (Å²) in [5.41, 5.74) is 2.34. The molecule has 0 spiro atoms. The lowest BCUT2D eigenvalue weighted by molar-refractivity contribution is -0.137. The molecule has 0 saturated heterocycles. The van der Waals surface area contributed by atoms with Gasteiger partial charge in [0.25, 0.3) is 5.91 Å². The predicted molar refractivity (Wildman–Crippen MR) is 131 cm³/mol. The van der Waals surface area contributed by atoms with Crippen LogP contribution in [0.5, 0.6) is 5.75 Å². The summed E-state index contributed by atoms with van der Waals surface area (Å²) in [4.78, 5) is 26.0. The molecular weight excluding hydrogens is 525 g/mol. The quantitative estimate of drug-likeness (QED) is 0.400. The summed E-state index contributed by atoms with van der Waals surface area (Å²) in [5, 5.41) is 9.42. The molecule has 8 heteroatoms. The van der Waals surface area contributed by atoms with Gasteiger partial charge in [-0.2, -0.15) is 0 Å². The van der Waals surface area contributed by atoms with Gasteiger partial charge in [-0.25, -0.2) is 4.39 Å². The molecule has 1 heterocycles. The van der Waals surface area contributed by atoms with Gasteiger partial charge in [-0.15, -0.1) is 0 Å². The molecule has 176 valence electrons. The molecule has 3 aromatic carbocycles. The summed E-state index contributed by atoms with van der Waals surface area (Å²) in [6, 6.07) is 17.2. The third-order valence-corrected chi connectivity index (χ3v) is 6.45. The van der Waals surface area contributed by atoms with E-state index in [4.69, 9.17) is 16.3 Å². The summed E-state index contributed by atoms with van der Waals surface area (Å²) >= 11 is 9.32. The third-order valence-electron chi connectivity index (χ3n) is 5.67. The van der Waals surface area contributed by atoms with Gasteiger partial charge in [0.1, 0.15) is 23.7 Å². The molecular formula is C26H22BrClFNO4. The largest absolute Gasteiger partial charge is 0.487 e. The molecule has 34 heavy (non-hydrogen) atoms. The van der Waals surface area contributed by atoms with Crippen LogP contribution in [-0.4, -0.2) is 34.0 Å². The maximum absolute atomic E-state index is 13.5. The number of halogens is 3. The second-order valence-electron chi connectivity index (χ2n) is 8.66. The molecule has 1 amide bonds. The molecule has 3 aromatic rings. The summed E-state index contributed by atoms with van der Waals surface area (Å²) < 4.78 is 20.5. The number of amides is 1. The first-order valence-electron chi connectivity index (χ1n) is 10.6. The van der Waals surface area contributed by atoms with Crippen molar-refractivity contribution in [2.45, 2.75) is 31.9 Å². The Bertz CT molecular complexity index is 1270. The normalized spacial score (nSPS) is 16.6. The number of hydrogen-bond donors (Lipinski definition) is 1. The fraction of sp³-hybridized carbons (Fsp3) is 0.231. The first-order valence-corrected chi connectivity index (χ1v) is 11.8. The lowest BCUT2D eigenvalue weighted by Crippen LogP contribution is -2.35. The molecule has 0 radical (unpaired) electrons. The van der Waals surface area contributed by atoms with E-state index in [-0.39, 0.29) is 17.5 Å². The minimum Gasteiger partial charge on any atom is -0.487 e. The fourth-order valence-electron chi connectivity index (χ4n) is 4.24. The van der Waals surface area contributed by atoms with Crippen LogP contribution in [0.1, 0.15) is 34.0 Å². The van der Waals surface area contributed by atoms with Crippen molar-refractivity contribution < 1.29 is 23.8 Å². The van der Waals surface area contributed by atoms with Crippen LogP contribution in [0.3, 0.4) is 0 Å². The van der Waals surface area contributed by atoms with Gasteiger partial charge >= 0.3 is 5.97 Å². The average Bonchev–Trinajstić information content (AvgIpc) is 3.10. The standard InChI is InChI=1S/C26H22BrClFNO4/c1-26(12-16-5-7-22(29)21(28)10-16)13-19-11-18(6-8-23(19)34-26)25(33)30(15-24(31)32)14-17-3-2-4-20(27)9-17/h2-11H,12-15H2,1H3,(H,31,32). The van der Waals surface area contributed by atoms with Crippen LogP contribution >= 0.6 is 27.5 Å². The van der Waals surface area contributed by atoms with E-state index in [1.165, 1.54) is 11.0 Å². The van der Waals surface area contributed by atoms with E-state index >= 15 is 0 Å². The third kappa shape index (κ3) is 5.59. The number of carbonyl (C=O) groups excluding carboxylic acids is 1. The van der Waals surface area contributed by atoms with Crippen molar-refractivity contribution in [3.05, 3.63) is 98.2 Å². The maximum Gasteiger partial charge on any atom is 0.323 e. The summed E-state index contributed by atoms with van der Waals surface area (Å²) in [6.45, 7) is 1.71. The molecule has 1 N–H and O–H groups in total. The highest BCUT2D eigenvalue weighted by molar-refractivity contribution is 9.10. The number of ether oxygens (including phenoxy) is 1. The van der Waals surface area contributed by atoms with Gasteiger partial charge in [0, 0.05) is 29.4 Å². The van der Waals surface area contributed by atoms with Gasteiger partial charge in [-0.05, 0) is 66.1 Å². The zero-order valence-corrected chi connectivity index (χ0v) is 20.7. The van der Waals surface area contributed by atoms with Crippen molar-refractivity contribution in [2.24, 2.45) is 0 Å². The highest BCUT2D eigenvalue weighted by atomic mass is 79.9. The van der Waals surface area contributed by atoms with Crippen LogP contribution in [0.25, 0.3) is 0 Å². The minimum absolute atomic E-state index is 0.0634. The Labute approximate surface area is 210 Å². The number of nitrogens with zero attached hydrogens (tertiary/aromatic N) is 1. The highest BCUT2D eigenvalue weighted by Crippen LogP contribution is 2.38. The van der Waals surface area contributed by atoms with Gasteiger partial charge in [-0.1, -0.05) is 45.7 Å². The molecule has 0 saturated carbocycles. The number of rotatable bonds is 7. The van der Waals surface area contributed by atoms with Gasteiger partial charge in [0.2, 0.25) is 0 Å². The second kappa shape index (κ2) is 9.76. The molecule has 0 fully saturated rings. The molecule has 5 nitrogen and oxygen atoms in total. The first-order chi connectivity index (χ1) is 16.1. The van der Waals surface area contributed by atoms with E-state index < -0.39 is 23.9 Å². The number of fused-ring (bicyclic) bond motifs is 1. The van der Waals surface area contributed by atoms with E-state index in [0.717, 1.165) is 21.2 Å². The summed E-state index contributed by atoms with van der Waals surface area (Å²) in [7, 11) is 0. The summed E-state index contributed by atoms with van der Waals surface area (Å²) in [6.07, 6.45) is 1.06. The van der Waals surface area contributed by atoms with Gasteiger partial charge in [0.05, 0.1) is 5.02 Å². The van der Waals surface area contributed by atoms with Crippen molar-refractivity contribution in [2.75, 3.05) is 6.54 Å². The number of carboxylic acid groups (broad SMARTS) is 1.